The molecule has 29 heavy (non-hydrogen) atoms. The van der Waals surface area contributed by atoms with E-state index in [-0.39, 0.29) is 0 Å². The van der Waals surface area contributed by atoms with E-state index in [0.29, 0.717) is 22.6 Å². The van der Waals surface area contributed by atoms with E-state index < -0.39 is 0 Å². The van der Waals surface area contributed by atoms with Crippen LogP contribution in [0.4, 0.5) is 0 Å². The van der Waals surface area contributed by atoms with Crippen molar-refractivity contribution in [3.8, 4) is 28.6 Å². The van der Waals surface area contributed by atoms with Crippen LogP contribution in [0.2, 0.25) is 5.02 Å². The number of halogens is 1. The third kappa shape index (κ3) is 4.28. The van der Waals surface area contributed by atoms with Crippen LogP contribution in [0.1, 0.15) is 12.8 Å². The fraction of sp³-hybridized carbons (Fsp3) is 0.200. The van der Waals surface area contributed by atoms with Crippen LogP contribution in [0.3, 0.4) is 0 Å². The first kappa shape index (κ1) is 19.5. The van der Waals surface area contributed by atoms with Gasteiger partial charge >= 0.3 is 0 Å². The average molecular weight is 428 g/mol. The lowest BCUT2D eigenvalue weighted by Crippen LogP contribution is -2.00. The molecule has 0 spiro atoms. The average Bonchev–Trinajstić information content (AvgIpc) is 3.39. The second-order valence-electron chi connectivity index (χ2n) is 6.08. The number of hydrogen-bond acceptors (Lipinski definition) is 7. The SMILES string of the molecule is CCn1c(SCc2nnc(-c3ccc(OC)cc3)o2)nnc1-c1cccc(Cl)c1. The minimum atomic E-state index is 0.472. The highest BCUT2D eigenvalue weighted by molar-refractivity contribution is 7.98. The first-order valence-electron chi connectivity index (χ1n) is 8.96. The monoisotopic (exact) mass is 427 g/mol. The Hall–Kier alpha value is -2.84. The Morgan fingerprint density at radius 3 is 2.59 bits per heavy atom. The zero-order valence-electron chi connectivity index (χ0n) is 15.9. The van der Waals surface area contributed by atoms with Gasteiger partial charge in [-0.2, -0.15) is 0 Å². The molecule has 0 saturated heterocycles. The molecule has 0 N–H and O–H groups in total. The van der Waals surface area contributed by atoms with Gasteiger partial charge in [0.2, 0.25) is 11.8 Å². The zero-order valence-corrected chi connectivity index (χ0v) is 17.4. The molecular weight excluding hydrogens is 410 g/mol. The number of nitrogens with zero attached hydrogens (tertiary/aromatic N) is 5. The van der Waals surface area contributed by atoms with Gasteiger partial charge in [-0.15, -0.1) is 20.4 Å². The van der Waals surface area contributed by atoms with Gasteiger partial charge in [0, 0.05) is 22.7 Å². The van der Waals surface area contributed by atoms with E-state index in [1.165, 1.54) is 11.8 Å². The number of hydrogen-bond donors (Lipinski definition) is 0. The second kappa shape index (κ2) is 8.67. The summed E-state index contributed by atoms with van der Waals surface area (Å²) in [5.41, 5.74) is 1.77. The lowest BCUT2D eigenvalue weighted by atomic mass is 10.2. The van der Waals surface area contributed by atoms with Crippen LogP contribution in [0.15, 0.2) is 58.1 Å². The summed E-state index contributed by atoms with van der Waals surface area (Å²) in [7, 11) is 1.63. The lowest BCUT2D eigenvalue weighted by Gasteiger charge is -2.06. The molecule has 0 fully saturated rings. The third-order valence-electron chi connectivity index (χ3n) is 4.24. The number of methoxy groups -OCH3 is 1. The van der Waals surface area contributed by atoms with E-state index in [1.807, 2.05) is 53.1 Å². The maximum absolute atomic E-state index is 6.11. The summed E-state index contributed by atoms with van der Waals surface area (Å²) in [6, 6.07) is 15.1. The molecule has 4 aromatic rings. The first-order chi connectivity index (χ1) is 14.2. The van der Waals surface area contributed by atoms with Crippen molar-refractivity contribution < 1.29 is 9.15 Å². The van der Waals surface area contributed by atoms with E-state index >= 15 is 0 Å². The molecule has 4 rings (SSSR count). The Kier molecular flexibility index (Phi) is 5.82. The van der Waals surface area contributed by atoms with E-state index in [1.54, 1.807) is 7.11 Å². The van der Waals surface area contributed by atoms with Gasteiger partial charge in [-0.3, -0.25) is 0 Å². The van der Waals surface area contributed by atoms with Crippen LogP contribution in [-0.4, -0.2) is 32.1 Å². The summed E-state index contributed by atoms with van der Waals surface area (Å²) in [6.45, 7) is 2.79. The van der Waals surface area contributed by atoms with Gasteiger partial charge in [0.05, 0.1) is 12.9 Å². The van der Waals surface area contributed by atoms with Gasteiger partial charge in [0.1, 0.15) is 5.75 Å². The summed E-state index contributed by atoms with van der Waals surface area (Å²) >= 11 is 7.61. The lowest BCUT2D eigenvalue weighted by molar-refractivity contribution is 0.415. The maximum atomic E-state index is 6.11. The Bertz CT molecular complexity index is 1110. The summed E-state index contributed by atoms with van der Waals surface area (Å²) in [6.07, 6.45) is 0. The van der Waals surface area contributed by atoms with Crippen molar-refractivity contribution in [2.75, 3.05) is 7.11 Å². The first-order valence-corrected chi connectivity index (χ1v) is 10.3. The van der Waals surface area contributed by atoms with Crippen molar-refractivity contribution in [3.05, 3.63) is 59.4 Å². The molecule has 2 heterocycles. The van der Waals surface area contributed by atoms with Crippen molar-refractivity contribution in [1.29, 1.82) is 0 Å². The largest absolute Gasteiger partial charge is 0.497 e. The molecular formula is C20H18ClN5O2S. The molecule has 0 saturated carbocycles. The second-order valence-corrected chi connectivity index (χ2v) is 7.46. The van der Waals surface area contributed by atoms with Crippen LogP contribution < -0.4 is 4.74 Å². The Morgan fingerprint density at radius 1 is 1.03 bits per heavy atom. The van der Waals surface area contributed by atoms with Crippen LogP contribution in [0.5, 0.6) is 5.75 Å². The molecule has 9 heteroatoms. The number of aromatic nitrogens is 5. The summed E-state index contributed by atoms with van der Waals surface area (Å²) in [4.78, 5) is 0. The van der Waals surface area contributed by atoms with E-state index in [9.17, 15) is 0 Å². The predicted molar refractivity (Wildman–Crippen MR) is 112 cm³/mol. The highest BCUT2D eigenvalue weighted by Gasteiger charge is 2.15. The third-order valence-corrected chi connectivity index (χ3v) is 5.43. The Morgan fingerprint density at radius 2 is 1.86 bits per heavy atom. The van der Waals surface area contributed by atoms with E-state index in [0.717, 1.165) is 34.4 Å². The molecule has 0 bridgehead atoms. The van der Waals surface area contributed by atoms with Crippen molar-refractivity contribution >= 4 is 23.4 Å². The fourth-order valence-corrected chi connectivity index (χ4v) is 3.84. The van der Waals surface area contributed by atoms with Crippen LogP contribution in [0, 0.1) is 0 Å². The standard InChI is InChI=1S/C20H18ClN5O2S/c1-3-26-18(14-5-4-6-15(21)11-14)23-25-20(26)29-12-17-22-24-19(28-17)13-7-9-16(27-2)10-8-13/h4-11H,3,12H2,1-2H3. The molecule has 0 atom stereocenters. The van der Waals surface area contributed by atoms with Crippen LogP contribution >= 0.6 is 23.4 Å². The van der Waals surface area contributed by atoms with Crippen molar-refractivity contribution in [1.82, 2.24) is 25.0 Å². The predicted octanol–water partition coefficient (Wildman–Crippen LogP) is 4.97. The number of benzene rings is 2. The number of ether oxygens (including phenoxy) is 1. The van der Waals surface area contributed by atoms with Gasteiger partial charge < -0.3 is 13.7 Å². The molecule has 7 nitrogen and oxygen atoms in total. The number of thioether (sulfide) groups is 1. The highest BCUT2D eigenvalue weighted by atomic mass is 35.5. The van der Waals surface area contributed by atoms with Crippen molar-refractivity contribution in [3.63, 3.8) is 0 Å². The Balaban J connectivity index is 1.49. The minimum absolute atomic E-state index is 0.472. The van der Waals surface area contributed by atoms with Gasteiger partial charge in [-0.25, -0.2) is 0 Å². The molecule has 2 aromatic heterocycles. The van der Waals surface area contributed by atoms with E-state index in [4.69, 9.17) is 20.8 Å². The fourth-order valence-electron chi connectivity index (χ4n) is 2.81. The van der Waals surface area contributed by atoms with Gasteiger partial charge in [-0.05, 0) is 43.3 Å². The minimum Gasteiger partial charge on any atom is -0.497 e. The highest BCUT2D eigenvalue weighted by Crippen LogP contribution is 2.28. The molecule has 0 aliphatic rings. The molecule has 0 radical (unpaired) electrons. The molecule has 0 aliphatic carbocycles. The smallest absolute Gasteiger partial charge is 0.247 e. The zero-order chi connectivity index (χ0) is 20.2. The van der Waals surface area contributed by atoms with Crippen LogP contribution in [-0.2, 0) is 12.3 Å². The van der Waals surface area contributed by atoms with Crippen molar-refractivity contribution in [2.24, 2.45) is 0 Å². The van der Waals surface area contributed by atoms with Crippen molar-refractivity contribution in [2.45, 2.75) is 24.4 Å². The number of rotatable bonds is 7. The van der Waals surface area contributed by atoms with Gasteiger partial charge in [0.15, 0.2) is 11.0 Å². The van der Waals surface area contributed by atoms with Crippen LogP contribution in [0.25, 0.3) is 22.8 Å². The maximum Gasteiger partial charge on any atom is 0.247 e. The normalized spacial score (nSPS) is 11.0. The Labute approximate surface area is 177 Å². The summed E-state index contributed by atoms with van der Waals surface area (Å²) < 4.78 is 13.0. The summed E-state index contributed by atoms with van der Waals surface area (Å²) in [5.74, 6) is 3.05. The topological polar surface area (TPSA) is 78.9 Å². The molecule has 2 aromatic carbocycles. The van der Waals surface area contributed by atoms with E-state index in [2.05, 4.69) is 27.3 Å². The molecule has 0 aliphatic heterocycles. The molecule has 0 amide bonds. The quantitative estimate of drug-likeness (QED) is 0.385. The molecule has 0 unspecified atom stereocenters. The summed E-state index contributed by atoms with van der Waals surface area (Å²) in [5, 5.41) is 18.4. The molecule has 148 valence electrons. The van der Waals surface area contributed by atoms with Gasteiger partial charge in [0.25, 0.3) is 0 Å². The van der Waals surface area contributed by atoms with Gasteiger partial charge in [-0.1, -0.05) is 35.5 Å².